The van der Waals surface area contributed by atoms with E-state index < -0.39 is 0 Å². The first-order valence-corrected chi connectivity index (χ1v) is 7.85. The van der Waals surface area contributed by atoms with E-state index in [-0.39, 0.29) is 0 Å². The molecule has 2 unspecified atom stereocenters. The van der Waals surface area contributed by atoms with E-state index in [2.05, 4.69) is 29.1 Å². The van der Waals surface area contributed by atoms with Gasteiger partial charge in [-0.1, -0.05) is 0 Å². The third-order valence-electron chi connectivity index (χ3n) is 4.53. The smallest absolute Gasteiger partial charge is 0.222 e. The molecule has 2 heterocycles. The third kappa shape index (κ3) is 4.46. The highest BCUT2D eigenvalue weighted by atomic mass is 16.2. The average Bonchev–Trinajstić information content (AvgIpc) is 2.58. The molecule has 2 aliphatic rings. The van der Waals surface area contributed by atoms with Crippen LogP contribution < -0.4 is 5.32 Å². The summed E-state index contributed by atoms with van der Waals surface area (Å²) in [5.74, 6) is 1.08. The zero-order chi connectivity index (χ0) is 13.7. The van der Waals surface area contributed by atoms with Crippen molar-refractivity contribution < 1.29 is 4.79 Å². The van der Waals surface area contributed by atoms with Gasteiger partial charge in [-0.05, 0) is 65.2 Å². The Hall–Kier alpha value is -0.610. The molecule has 19 heavy (non-hydrogen) atoms. The van der Waals surface area contributed by atoms with Gasteiger partial charge in [-0.3, -0.25) is 4.79 Å². The maximum Gasteiger partial charge on any atom is 0.222 e. The summed E-state index contributed by atoms with van der Waals surface area (Å²) in [4.78, 5) is 16.8. The number of likely N-dealkylation sites (N-methyl/N-ethyl adjacent to an activating group) is 1. The fraction of sp³-hybridized carbons (Fsp3) is 0.933. The predicted octanol–water partition coefficient (Wildman–Crippen LogP) is 1.32. The van der Waals surface area contributed by atoms with Crippen molar-refractivity contribution in [1.82, 2.24) is 15.1 Å². The van der Waals surface area contributed by atoms with Gasteiger partial charge in [0.1, 0.15) is 0 Å². The van der Waals surface area contributed by atoms with Gasteiger partial charge in [0.05, 0.1) is 0 Å². The van der Waals surface area contributed by atoms with E-state index in [1.165, 1.54) is 12.8 Å². The number of nitrogens with one attached hydrogen (secondary N) is 1. The molecule has 110 valence electrons. The number of amides is 1. The number of hydrogen-bond donors (Lipinski definition) is 1. The van der Waals surface area contributed by atoms with E-state index in [1.807, 2.05) is 0 Å². The highest BCUT2D eigenvalue weighted by Gasteiger charge is 2.24. The highest BCUT2D eigenvalue weighted by Crippen LogP contribution is 2.18. The molecule has 0 bridgehead atoms. The minimum absolute atomic E-state index is 0.365. The Morgan fingerprint density at radius 1 is 1.32 bits per heavy atom. The van der Waals surface area contributed by atoms with Crippen molar-refractivity contribution in [2.75, 3.05) is 39.8 Å². The van der Waals surface area contributed by atoms with Gasteiger partial charge in [-0.25, -0.2) is 0 Å². The van der Waals surface area contributed by atoms with Crippen LogP contribution in [0.5, 0.6) is 0 Å². The Morgan fingerprint density at radius 3 is 2.89 bits per heavy atom. The lowest BCUT2D eigenvalue weighted by Gasteiger charge is -2.29. The summed E-state index contributed by atoms with van der Waals surface area (Å²) >= 11 is 0. The van der Waals surface area contributed by atoms with Crippen LogP contribution in [0.15, 0.2) is 0 Å². The lowest BCUT2D eigenvalue weighted by Crippen LogP contribution is -2.42. The Kier molecular flexibility index (Phi) is 5.64. The van der Waals surface area contributed by atoms with Crippen molar-refractivity contribution in [3.8, 4) is 0 Å². The van der Waals surface area contributed by atoms with Gasteiger partial charge in [0.15, 0.2) is 0 Å². The first-order chi connectivity index (χ1) is 9.16. The lowest BCUT2D eigenvalue weighted by atomic mass is 9.94. The van der Waals surface area contributed by atoms with Crippen molar-refractivity contribution in [2.24, 2.45) is 5.92 Å². The van der Waals surface area contributed by atoms with Gasteiger partial charge in [-0.2, -0.15) is 0 Å². The van der Waals surface area contributed by atoms with Crippen LogP contribution in [0.1, 0.15) is 39.0 Å². The van der Waals surface area contributed by atoms with Crippen LogP contribution in [0.3, 0.4) is 0 Å². The molecule has 1 amide bonds. The largest absolute Gasteiger partial charge is 0.339 e. The minimum atomic E-state index is 0.365. The Morgan fingerprint density at radius 2 is 2.16 bits per heavy atom. The predicted molar refractivity (Wildman–Crippen MR) is 78.1 cm³/mol. The Balaban J connectivity index is 1.77. The summed E-state index contributed by atoms with van der Waals surface area (Å²) in [7, 11) is 2.15. The summed E-state index contributed by atoms with van der Waals surface area (Å²) in [6.07, 6.45) is 5.46. The first kappa shape index (κ1) is 14.8. The summed E-state index contributed by atoms with van der Waals surface area (Å²) in [6.45, 7) is 7.50. The Bertz CT molecular complexity index is 289. The quantitative estimate of drug-likeness (QED) is 0.838. The van der Waals surface area contributed by atoms with Crippen molar-refractivity contribution in [3.05, 3.63) is 0 Å². The maximum absolute atomic E-state index is 12.4. The van der Waals surface area contributed by atoms with E-state index in [0.29, 0.717) is 17.9 Å². The topological polar surface area (TPSA) is 35.6 Å². The fourth-order valence-corrected chi connectivity index (χ4v) is 3.38. The van der Waals surface area contributed by atoms with Gasteiger partial charge in [-0.15, -0.1) is 0 Å². The molecule has 2 aliphatic heterocycles. The van der Waals surface area contributed by atoms with Gasteiger partial charge >= 0.3 is 0 Å². The van der Waals surface area contributed by atoms with E-state index >= 15 is 0 Å². The van der Waals surface area contributed by atoms with Crippen LogP contribution >= 0.6 is 0 Å². The van der Waals surface area contributed by atoms with Gasteiger partial charge in [0, 0.05) is 25.6 Å². The number of nitrogens with zero attached hydrogens (tertiary/aromatic N) is 2. The Labute approximate surface area is 117 Å². The minimum Gasteiger partial charge on any atom is -0.339 e. The standard InChI is InChI=1S/C15H29N3O/c1-13-12-17(2)9-4-10-18(13)15(19)7-6-14-5-3-8-16-11-14/h13-14,16H,3-12H2,1-2H3. The molecule has 0 aromatic heterocycles. The molecule has 2 fully saturated rings. The molecule has 0 aromatic carbocycles. The number of hydrogen-bond acceptors (Lipinski definition) is 3. The maximum atomic E-state index is 12.4. The van der Waals surface area contributed by atoms with Crippen molar-refractivity contribution in [1.29, 1.82) is 0 Å². The normalized spacial score (nSPS) is 30.1. The summed E-state index contributed by atoms with van der Waals surface area (Å²) in [6, 6.07) is 0.365. The molecule has 4 heteroatoms. The number of piperidine rings is 1. The monoisotopic (exact) mass is 267 g/mol. The van der Waals surface area contributed by atoms with Crippen LogP contribution in [0.25, 0.3) is 0 Å². The molecule has 0 aromatic rings. The summed E-state index contributed by atoms with van der Waals surface area (Å²) in [5.41, 5.74) is 0. The van der Waals surface area contributed by atoms with Gasteiger partial charge in [0.25, 0.3) is 0 Å². The van der Waals surface area contributed by atoms with Crippen LogP contribution in [0.4, 0.5) is 0 Å². The SMILES string of the molecule is CC1CN(C)CCCN1C(=O)CCC1CCCNC1. The number of carbonyl (C=O) groups excluding carboxylic acids is 1. The van der Waals surface area contributed by atoms with Crippen LogP contribution in [0.2, 0.25) is 0 Å². The number of rotatable bonds is 3. The highest BCUT2D eigenvalue weighted by molar-refractivity contribution is 5.76. The molecule has 4 nitrogen and oxygen atoms in total. The van der Waals surface area contributed by atoms with Crippen LogP contribution in [0, 0.1) is 5.92 Å². The van der Waals surface area contributed by atoms with E-state index in [0.717, 1.165) is 52.0 Å². The van der Waals surface area contributed by atoms with E-state index in [4.69, 9.17) is 0 Å². The molecule has 0 spiro atoms. The van der Waals surface area contributed by atoms with Gasteiger partial charge < -0.3 is 15.1 Å². The van der Waals surface area contributed by atoms with Crippen molar-refractivity contribution >= 4 is 5.91 Å². The second-order valence-corrected chi connectivity index (χ2v) is 6.30. The molecule has 0 saturated carbocycles. The number of carbonyl (C=O) groups is 1. The molecular weight excluding hydrogens is 238 g/mol. The molecule has 0 radical (unpaired) electrons. The third-order valence-corrected chi connectivity index (χ3v) is 4.53. The summed E-state index contributed by atoms with van der Waals surface area (Å²) in [5, 5.41) is 3.43. The first-order valence-electron chi connectivity index (χ1n) is 7.85. The molecular formula is C15H29N3O. The van der Waals surface area contributed by atoms with E-state index in [1.54, 1.807) is 0 Å². The lowest BCUT2D eigenvalue weighted by molar-refractivity contribution is -0.133. The van der Waals surface area contributed by atoms with Gasteiger partial charge in [0.2, 0.25) is 5.91 Å². The van der Waals surface area contributed by atoms with E-state index in [9.17, 15) is 4.79 Å². The molecule has 2 saturated heterocycles. The van der Waals surface area contributed by atoms with Crippen LogP contribution in [-0.2, 0) is 4.79 Å². The molecule has 1 N–H and O–H groups in total. The molecule has 0 aliphatic carbocycles. The second kappa shape index (κ2) is 7.25. The molecule has 2 rings (SSSR count). The zero-order valence-electron chi connectivity index (χ0n) is 12.5. The average molecular weight is 267 g/mol. The fourth-order valence-electron chi connectivity index (χ4n) is 3.38. The van der Waals surface area contributed by atoms with Crippen molar-refractivity contribution in [3.63, 3.8) is 0 Å². The zero-order valence-corrected chi connectivity index (χ0v) is 12.5. The summed E-state index contributed by atoms with van der Waals surface area (Å²) < 4.78 is 0. The second-order valence-electron chi connectivity index (χ2n) is 6.30. The van der Waals surface area contributed by atoms with Crippen LogP contribution in [-0.4, -0.2) is 61.5 Å². The molecule has 2 atom stereocenters. The van der Waals surface area contributed by atoms with Crippen molar-refractivity contribution in [2.45, 2.75) is 45.1 Å².